The van der Waals surface area contributed by atoms with Crippen molar-refractivity contribution in [1.82, 2.24) is 10.3 Å². The van der Waals surface area contributed by atoms with Crippen molar-refractivity contribution in [3.05, 3.63) is 41.6 Å². The normalized spacial score (nSPS) is 22.4. The summed E-state index contributed by atoms with van der Waals surface area (Å²) in [7, 11) is 0. The van der Waals surface area contributed by atoms with E-state index in [1.807, 2.05) is 38.1 Å². The number of amides is 2. The molecule has 3 rings (SSSR count). The second kappa shape index (κ2) is 5.28. The average Bonchev–Trinajstić information content (AvgIpc) is 2.46. The number of carbonyl (C=O) groups excluding carboxylic acids is 2. The van der Waals surface area contributed by atoms with Gasteiger partial charge in [-0.1, -0.05) is 19.1 Å². The Morgan fingerprint density at radius 1 is 1.24 bits per heavy atom. The summed E-state index contributed by atoms with van der Waals surface area (Å²) in [5.74, 6) is -0.516. The highest BCUT2D eigenvalue weighted by Crippen LogP contribution is 2.34. The summed E-state index contributed by atoms with van der Waals surface area (Å²) in [5, 5.41) is 3.48. The van der Waals surface area contributed by atoms with Crippen LogP contribution in [0.5, 0.6) is 0 Å². The van der Waals surface area contributed by atoms with Gasteiger partial charge >= 0.3 is 0 Å². The van der Waals surface area contributed by atoms with Crippen LogP contribution in [0, 0.1) is 12.8 Å². The van der Waals surface area contributed by atoms with Crippen LogP contribution in [-0.2, 0) is 9.59 Å². The van der Waals surface area contributed by atoms with Crippen molar-refractivity contribution < 1.29 is 9.59 Å². The van der Waals surface area contributed by atoms with Crippen LogP contribution in [0.2, 0.25) is 0 Å². The maximum Gasteiger partial charge on any atom is 0.230 e. The molecule has 0 bridgehead atoms. The van der Waals surface area contributed by atoms with Crippen LogP contribution in [0.3, 0.4) is 0 Å². The predicted octanol–water partition coefficient (Wildman–Crippen LogP) is 2.70. The van der Waals surface area contributed by atoms with Crippen LogP contribution in [0.25, 0.3) is 10.9 Å². The zero-order chi connectivity index (χ0) is 15.0. The van der Waals surface area contributed by atoms with Gasteiger partial charge in [0.1, 0.15) is 0 Å². The van der Waals surface area contributed by atoms with Gasteiger partial charge in [0.25, 0.3) is 0 Å². The number of rotatable bonds is 2. The minimum absolute atomic E-state index is 0.0399. The van der Waals surface area contributed by atoms with Gasteiger partial charge in [-0.25, -0.2) is 0 Å². The standard InChI is InChI=1S/C17H18N2O2/c1-3-13-14(9-16(20)19-17(13)21)11-6-7-15-12(8-11)5-4-10(2)18-15/h4-8,13-14H,3,9H2,1-2H3,(H,19,20,21). The molecule has 108 valence electrons. The maximum atomic E-state index is 12.0. The molecule has 2 atom stereocenters. The van der Waals surface area contributed by atoms with Crippen molar-refractivity contribution in [2.24, 2.45) is 5.92 Å². The van der Waals surface area contributed by atoms with Crippen LogP contribution < -0.4 is 5.32 Å². The molecule has 1 fully saturated rings. The van der Waals surface area contributed by atoms with Gasteiger partial charge in [-0.05, 0) is 37.1 Å². The fourth-order valence-corrected chi connectivity index (χ4v) is 3.10. The molecule has 1 aromatic carbocycles. The molecule has 1 aromatic heterocycles. The smallest absolute Gasteiger partial charge is 0.230 e. The Morgan fingerprint density at radius 2 is 2.05 bits per heavy atom. The molecule has 2 aromatic rings. The number of hydrogen-bond acceptors (Lipinski definition) is 3. The second-order valence-electron chi connectivity index (χ2n) is 5.64. The van der Waals surface area contributed by atoms with Crippen LogP contribution in [0.15, 0.2) is 30.3 Å². The van der Waals surface area contributed by atoms with Gasteiger partial charge in [0.15, 0.2) is 0 Å². The Balaban J connectivity index is 2.03. The number of imide groups is 1. The number of pyridine rings is 1. The number of fused-ring (bicyclic) bond motifs is 1. The summed E-state index contributed by atoms with van der Waals surface area (Å²) < 4.78 is 0. The number of hydrogen-bond donors (Lipinski definition) is 1. The highest BCUT2D eigenvalue weighted by atomic mass is 16.2. The van der Waals surface area contributed by atoms with Crippen molar-refractivity contribution >= 4 is 22.7 Å². The predicted molar refractivity (Wildman–Crippen MR) is 80.8 cm³/mol. The lowest BCUT2D eigenvalue weighted by Gasteiger charge is -2.29. The molecule has 0 spiro atoms. The number of nitrogens with zero attached hydrogens (tertiary/aromatic N) is 1. The van der Waals surface area contributed by atoms with Crippen LogP contribution >= 0.6 is 0 Å². The molecule has 0 radical (unpaired) electrons. The number of piperidine rings is 1. The summed E-state index contributed by atoms with van der Waals surface area (Å²) in [6.45, 7) is 3.95. The van der Waals surface area contributed by atoms with Gasteiger partial charge in [0.2, 0.25) is 11.8 Å². The van der Waals surface area contributed by atoms with E-state index in [4.69, 9.17) is 0 Å². The zero-order valence-electron chi connectivity index (χ0n) is 12.2. The Hall–Kier alpha value is -2.23. The molecule has 2 unspecified atom stereocenters. The molecular formula is C17H18N2O2. The van der Waals surface area contributed by atoms with E-state index in [9.17, 15) is 9.59 Å². The number of nitrogens with one attached hydrogen (secondary N) is 1. The molecule has 1 aliphatic rings. The fourth-order valence-electron chi connectivity index (χ4n) is 3.10. The highest BCUT2D eigenvalue weighted by molar-refractivity contribution is 6.00. The quantitative estimate of drug-likeness (QED) is 0.862. The first-order valence-corrected chi connectivity index (χ1v) is 7.29. The van der Waals surface area contributed by atoms with Crippen LogP contribution in [0.4, 0.5) is 0 Å². The molecule has 2 amide bonds. The Kier molecular flexibility index (Phi) is 3.45. The molecule has 1 N–H and O–H groups in total. The summed E-state index contributed by atoms with van der Waals surface area (Å²) in [6, 6.07) is 10.0. The third-order valence-corrected chi connectivity index (χ3v) is 4.21. The first kappa shape index (κ1) is 13.7. The largest absolute Gasteiger partial charge is 0.296 e. The topological polar surface area (TPSA) is 59.1 Å². The van der Waals surface area contributed by atoms with E-state index < -0.39 is 0 Å². The van der Waals surface area contributed by atoms with Crippen molar-refractivity contribution in [2.45, 2.75) is 32.6 Å². The van der Waals surface area contributed by atoms with E-state index in [0.29, 0.717) is 6.42 Å². The van der Waals surface area contributed by atoms with E-state index in [1.54, 1.807) is 0 Å². The molecule has 21 heavy (non-hydrogen) atoms. The van der Waals surface area contributed by atoms with Gasteiger partial charge in [-0.2, -0.15) is 0 Å². The van der Waals surface area contributed by atoms with Gasteiger partial charge in [0.05, 0.1) is 5.52 Å². The Morgan fingerprint density at radius 3 is 2.81 bits per heavy atom. The van der Waals surface area contributed by atoms with Crippen molar-refractivity contribution in [3.8, 4) is 0 Å². The summed E-state index contributed by atoms with van der Waals surface area (Å²) in [4.78, 5) is 28.2. The monoisotopic (exact) mass is 282 g/mol. The van der Waals surface area contributed by atoms with Gasteiger partial charge in [-0.15, -0.1) is 0 Å². The lowest BCUT2D eigenvalue weighted by atomic mass is 9.78. The van der Waals surface area contributed by atoms with Crippen molar-refractivity contribution in [3.63, 3.8) is 0 Å². The van der Waals surface area contributed by atoms with E-state index in [-0.39, 0.29) is 23.7 Å². The minimum Gasteiger partial charge on any atom is -0.296 e. The fraction of sp³-hybridized carbons (Fsp3) is 0.353. The molecule has 0 saturated carbocycles. The summed E-state index contributed by atoms with van der Waals surface area (Å²) in [6.07, 6.45) is 1.10. The number of aromatic nitrogens is 1. The van der Waals surface area contributed by atoms with Crippen LogP contribution in [0.1, 0.15) is 36.9 Å². The zero-order valence-corrected chi connectivity index (χ0v) is 12.2. The third-order valence-electron chi connectivity index (χ3n) is 4.21. The van der Waals surface area contributed by atoms with E-state index in [1.165, 1.54) is 0 Å². The first-order chi connectivity index (χ1) is 10.1. The highest BCUT2D eigenvalue weighted by Gasteiger charge is 2.35. The van der Waals surface area contributed by atoms with Gasteiger partial charge in [0, 0.05) is 29.3 Å². The third kappa shape index (κ3) is 2.53. The molecule has 1 saturated heterocycles. The molecule has 0 aliphatic carbocycles. The van der Waals surface area contributed by atoms with Crippen LogP contribution in [-0.4, -0.2) is 16.8 Å². The second-order valence-corrected chi connectivity index (χ2v) is 5.64. The molecule has 1 aliphatic heterocycles. The Bertz CT molecular complexity index is 724. The number of carbonyl (C=O) groups is 2. The summed E-state index contributed by atoms with van der Waals surface area (Å²) in [5.41, 5.74) is 2.97. The number of aryl methyl sites for hydroxylation is 1. The SMILES string of the molecule is CCC1C(=O)NC(=O)CC1c1ccc2nc(C)ccc2c1. The van der Waals surface area contributed by atoms with Gasteiger partial charge < -0.3 is 0 Å². The average molecular weight is 282 g/mol. The van der Waals surface area contributed by atoms with E-state index >= 15 is 0 Å². The van der Waals surface area contributed by atoms with E-state index in [2.05, 4.69) is 16.4 Å². The molecule has 4 nitrogen and oxygen atoms in total. The number of benzene rings is 1. The summed E-state index contributed by atoms with van der Waals surface area (Å²) >= 11 is 0. The molecule has 2 heterocycles. The van der Waals surface area contributed by atoms with E-state index in [0.717, 1.165) is 28.6 Å². The van der Waals surface area contributed by atoms with Crippen molar-refractivity contribution in [1.29, 1.82) is 0 Å². The van der Waals surface area contributed by atoms with Crippen molar-refractivity contribution in [2.75, 3.05) is 0 Å². The molecule has 4 heteroatoms. The Labute approximate surface area is 123 Å². The molecular weight excluding hydrogens is 264 g/mol. The lowest BCUT2D eigenvalue weighted by molar-refractivity contribution is -0.137. The lowest BCUT2D eigenvalue weighted by Crippen LogP contribution is -2.44. The van der Waals surface area contributed by atoms with Gasteiger partial charge in [-0.3, -0.25) is 19.9 Å². The maximum absolute atomic E-state index is 12.0. The minimum atomic E-state index is -0.183. The first-order valence-electron chi connectivity index (χ1n) is 7.29.